The van der Waals surface area contributed by atoms with Crippen molar-refractivity contribution in [3.8, 4) is 17.1 Å². The molecule has 0 saturated carbocycles. The van der Waals surface area contributed by atoms with E-state index in [0.717, 1.165) is 39.0 Å². The average Bonchev–Trinajstić information content (AvgIpc) is 3.27. The van der Waals surface area contributed by atoms with E-state index in [4.69, 9.17) is 0 Å². The molecule has 0 spiro atoms. The van der Waals surface area contributed by atoms with E-state index in [-0.39, 0.29) is 0 Å². The molecule has 0 bridgehead atoms. The predicted octanol–water partition coefficient (Wildman–Crippen LogP) is 3.38. The average molecular weight is 380 g/mol. The summed E-state index contributed by atoms with van der Waals surface area (Å²) in [6, 6.07) is 6.02. The summed E-state index contributed by atoms with van der Waals surface area (Å²) in [4.78, 5) is 17.8. The third kappa shape index (κ3) is 3.22. The summed E-state index contributed by atoms with van der Waals surface area (Å²) in [7, 11) is 1.91. The molecule has 27 heavy (non-hydrogen) atoms. The van der Waals surface area contributed by atoms with E-state index >= 15 is 0 Å². The Labute approximate surface area is 161 Å². The first-order chi connectivity index (χ1) is 13.1. The fourth-order valence-corrected chi connectivity index (χ4v) is 3.60. The van der Waals surface area contributed by atoms with Crippen LogP contribution in [-0.4, -0.2) is 39.9 Å². The number of hydrogen-bond acceptors (Lipinski definition) is 6. The highest BCUT2D eigenvalue weighted by atomic mass is 32.2. The maximum absolute atomic E-state index is 9.90. The second-order valence-corrected chi connectivity index (χ2v) is 7.42. The van der Waals surface area contributed by atoms with Gasteiger partial charge in [-0.3, -0.25) is 4.57 Å². The number of aliphatic hydroxyl groups is 1. The highest BCUT2D eigenvalue weighted by molar-refractivity contribution is 7.99. The number of benzene rings is 1. The topological polar surface area (TPSA) is 81.6 Å². The van der Waals surface area contributed by atoms with Crippen LogP contribution in [0.1, 0.15) is 25.8 Å². The minimum atomic E-state index is -0.619. The fourth-order valence-electron chi connectivity index (χ4n) is 3.09. The maximum atomic E-state index is 9.90. The van der Waals surface area contributed by atoms with Crippen LogP contribution in [0, 0.1) is 0 Å². The molecule has 0 aliphatic rings. The monoisotopic (exact) mass is 380 g/mol. The Hall–Kier alpha value is -2.71. The molecule has 0 fully saturated rings. The minimum absolute atomic E-state index is 0.619. The van der Waals surface area contributed by atoms with E-state index < -0.39 is 6.10 Å². The predicted molar refractivity (Wildman–Crippen MR) is 106 cm³/mol. The third-order valence-corrected chi connectivity index (χ3v) is 5.11. The molecule has 0 saturated heterocycles. The van der Waals surface area contributed by atoms with Crippen molar-refractivity contribution in [1.29, 1.82) is 0 Å². The Morgan fingerprint density at radius 2 is 1.96 bits per heavy atom. The Morgan fingerprint density at radius 1 is 1.19 bits per heavy atom. The number of imidazole rings is 2. The second kappa shape index (κ2) is 7.13. The molecule has 8 heteroatoms. The molecular weight excluding hydrogens is 360 g/mol. The molecule has 1 atom stereocenters. The van der Waals surface area contributed by atoms with Gasteiger partial charge in [0.1, 0.15) is 17.8 Å². The van der Waals surface area contributed by atoms with Crippen molar-refractivity contribution in [2.45, 2.75) is 25.1 Å². The summed E-state index contributed by atoms with van der Waals surface area (Å²) in [5, 5.41) is 10.7. The molecule has 138 valence electrons. The molecule has 1 N–H and O–H groups in total. The highest BCUT2D eigenvalue weighted by Crippen LogP contribution is 2.25. The van der Waals surface area contributed by atoms with Gasteiger partial charge in [0.05, 0.1) is 16.6 Å². The first-order valence-electron chi connectivity index (χ1n) is 8.72. The van der Waals surface area contributed by atoms with E-state index in [1.54, 1.807) is 37.3 Å². The number of aryl methyl sites for hydroxylation is 1. The maximum Gasteiger partial charge on any atom is 0.187 e. The molecule has 4 aromatic rings. The van der Waals surface area contributed by atoms with E-state index in [2.05, 4.69) is 26.9 Å². The first-order valence-corrected chi connectivity index (χ1v) is 9.70. The highest BCUT2D eigenvalue weighted by Gasteiger charge is 2.14. The normalized spacial score (nSPS) is 12.6. The molecule has 0 aliphatic carbocycles. The number of thioether (sulfide) groups is 1. The van der Waals surface area contributed by atoms with Crippen molar-refractivity contribution in [3.05, 3.63) is 48.8 Å². The van der Waals surface area contributed by atoms with Gasteiger partial charge in [0.15, 0.2) is 5.16 Å². The number of aliphatic hydroxyl groups excluding tert-OH is 1. The molecule has 1 unspecified atom stereocenters. The fraction of sp³-hybridized carbons (Fsp3) is 0.263. The minimum Gasteiger partial charge on any atom is -0.385 e. The number of aromatic nitrogens is 6. The van der Waals surface area contributed by atoms with Crippen molar-refractivity contribution in [1.82, 2.24) is 29.1 Å². The van der Waals surface area contributed by atoms with Crippen LogP contribution in [0.2, 0.25) is 0 Å². The van der Waals surface area contributed by atoms with Crippen LogP contribution in [-0.2, 0) is 7.05 Å². The van der Waals surface area contributed by atoms with Gasteiger partial charge < -0.3 is 9.67 Å². The number of fused-ring (bicyclic) bond motifs is 1. The van der Waals surface area contributed by atoms with Gasteiger partial charge in [-0.2, -0.15) is 0 Å². The number of nitrogens with zero attached hydrogens (tertiary/aromatic N) is 6. The van der Waals surface area contributed by atoms with E-state index in [9.17, 15) is 5.11 Å². The largest absolute Gasteiger partial charge is 0.385 e. The first kappa shape index (κ1) is 17.7. The lowest BCUT2D eigenvalue weighted by Crippen LogP contribution is -2.01. The molecule has 7 nitrogen and oxygen atoms in total. The molecular formula is C19H20N6OS. The zero-order valence-corrected chi connectivity index (χ0v) is 16.2. The summed E-state index contributed by atoms with van der Waals surface area (Å²) in [6.07, 6.45) is 6.65. The summed E-state index contributed by atoms with van der Waals surface area (Å²) in [6.45, 7) is 3.79. The lowest BCUT2D eigenvalue weighted by Gasteiger charge is -2.08. The van der Waals surface area contributed by atoms with Crippen LogP contribution in [0.5, 0.6) is 0 Å². The smallest absolute Gasteiger partial charge is 0.187 e. The van der Waals surface area contributed by atoms with Crippen molar-refractivity contribution in [2.24, 2.45) is 7.05 Å². The van der Waals surface area contributed by atoms with Gasteiger partial charge in [-0.25, -0.2) is 19.9 Å². The van der Waals surface area contributed by atoms with Crippen LogP contribution < -0.4 is 0 Å². The third-order valence-electron chi connectivity index (χ3n) is 4.35. The van der Waals surface area contributed by atoms with Gasteiger partial charge in [-0.05, 0) is 30.9 Å². The molecule has 0 aliphatic heterocycles. The summed E-state index contributed by atoms with van der Waals surface area (Å²) in [5.41, 5.74) is 3.60. The summed E-state index contributed by atoms with van der Waals surface area (Å²) < 4.78 is 3.90. The van der Waals surface area contributed by atoms with Crippen molar-refractivity contribution in [3.63, 3.8) is 0 Å². The van der Waals surface area contributed by atoms with Gasteiger partial charge >= 0.3 is 0 Å². The van der Waals surface area contributed by atoms with Crippen molar-refractivity contribution < 1.29 is 5.11 Å². The Morgan fingerprint density at radius 3 is 2.67 bits per heavy atom. The molecule has 3 aromatic heterocycles. The van der Waals surface area contributed by atoms with Gasteiger partial charge in [0, 0.05) is 37.5 Å². The van der Waals surface area contributed by atoms with Crippen LogP contribution in [0.3, 0.4) is 0 Å². The van der Waals surface area contributed by atoms with Gasteiger partial charge in [-0.15, -0.1) is 0 Å². The molecule has 3 heterocycles. The second-order valence-electron chi connectivity index (χ2n) is 6.19. The van der Waals surface area contributed by atoms with E-state index in [1.165, 1.54) is 0 Å². The molecule has 1 aromatic carbocycles. The van der Waals surface area contributed by atoms with Crippen LogP contribution in [0.25, 0.3) is 28.1 Å². The Kier molecular flexibility index (Phi) is 4.67. The van der Waals surface area contributed by atoms with Crippen molar-refractivity contribution >= 4 is 22.8 Å². The van der Waals surface area contributed by atoms with Gasteiger partial charge in [0.2, 0.25) is 0 Å². The van der Waals surface area contributed by atoms with Crippen LogP contribution in [0.4, 0.5) is 0 Å². The zero-order valence-electron chi connectivity index (χ0n) is 15.4. The van der Waals surface area contributed by atoms with E-state index in [0.29, 0.717) is 5.82 Å². The van der Waals surface area contributed by atoms with Crippen LogP contribution in [0.15, 0.2) is 48.1 Å². The summed E-state index contributed by atoms with van der Waals surface area (Å²) in [5.74, 6) is 2.35. The molecule has 0 radical (unpaired) electrons. The number of hydrogen-bond donors (Lipinski definition) is 1. The number of rotatable bonds is 5. The zero-order chi connectivity index (χ0) is 19.0. The standard InChI is InChI=1S/C19H20N6OS/c1-4-27-19-21-10-13(11-22-19)18-20-7-8-25(18)14-5-6-16-15(9-14)23-17(12(2)26)24(16)3/h5-12,26H,4H2,1-3H3. The van der Waals surface area contributed by atoms with Gasteiger partial charge in [0.25, 0.3) is 0 Å². The van der Waals surface area contributed by atoms with E-state index in [1.807, 2.05) is 40.6 Å². The lowest BCUT2D eigenvalue weighted by atomic mass is 10.2. The van der Waals surface area contributed by atoms with Gasteiger partial charge in [-0.1, -0.05) is 18.7 Å². The molecule has 0 amide bonds. The quantitative estimate of drug-likeness (QED) is 0.422. The Bertz CT molecular complexity index is 1080. The lowest BCUT2D eigenvalue weighted by molar-refractivity contribution is 0.186. The summed E-state index contributed by atoms with van der Waals surface area (Å²) >= 11 is 1.61. The van der Waals surface area contributed by atoms with Crippen molar-refractivity contribution in [2.75, 3.05) is 5.75 Å². The SMILES string of the molecule is CCSc1ncc(-c2nccn2-c2ccc3c(c2)nc(C(C)O)n3C)cn1. The Balaban J connectivity index is 1.75. The molecule has 4 rings (SSSR count). The van der Waals surface area contributed by atoms with Crippen LogP contribution >= 0.6 is 11.8 Å².